The fraction of sp³-hybridized carbons (Fsp3) is 0.111. The molecule has 8 nitrogen and oxygen atoms in total. The van der Waals surface area contributed by atoms with Crippen molar-refractivity contribution in [2.45, 2.75) is 14.4 Å². The lowest BCUT2D eigenvalue weighted by atomic mass is 9.78. The highest BCUT2D eigenvalue weighted by Gasteiger charge is 2.22. The van der Waals surface area contributed by atoms with E-state index in [2.05, 4.69) is 49.4 Å². The maximum Gasteiger partial charge on any atom is 0.231 e. The van der Waals surface area contributed by atoms with Crippen LogP contribution in [-0.2, 0) is 19.2 Å². The second-order valence-electron chi connectivity index (χ2n) is 3.95. The van der Waals surface area contributed by atoms with Gasteiger partial charge in [-0.05, 0) is 34.7 Å². The molecule has 1 aliphatic carbocycles. The van der Waals surface area contributed by atoms with Crippen LogP contribution in [0.1, 0.15) is 13.0 Å². The van der Waals surface area contributed by atoms with Crippen LogP contribution in [0.25, 0.3) is 22.3 Å². The Bertz CT molecular complexity index is 775. The normalized spacial score (nSPS) is 6.96. The molecular weight excluding hydrogens is 336 g/mol. The molecule has 8 heteroatoms. The topological polar surface area (TPSA) is 164 Å². The van der Waals surface area contributed by atoms with Gasteiger partial charge in [0.05, 0.1) is 0 Å². The van der Waals surface area contributed by atoms with E-state index in [9.17, 15) is 0 Å². The fourth-order valence-electron chi connectivity index (χ4n) is 2.12. The van der Waals surface area contributed by atoms with E-state index < -0.39 is 0 Å². The van der Waals surface area contributed by atoms with E-state index in [1.165, 1.54) is 27.8 Å². The Labute approximate surface area is 150 Å². The third-order valence-corrected chi connectivity index (χ3v) is 2.76. The molecule has 0 heterocycles. The first-order valence-electron chi connectivity index (χ1n) is 6.39. The highest BCUT2D eigenvalue weighted by Crippen LogP contribution is 2.48. The molecule has 2 aromatic carbocycles. The van der Waals surface area contributed by atoms with E-state index in [0.29, 0.717) is 0 Å². The minimum atomic E-state index is 0. The number of nitrogens with one attached hydrogen (secondary N) is 4. The first-order valence-corrected chi connectivity index (χ1v) is 6.39. The minimum Gasteiger partial charge on any atom is -0.222 e. The number of benzene rings is 2. The molecule has 0 aromatic heterocycles. The molecular formula is C18H18N4O4. The van der Waals surface area contributed by atoms with Gasteiger partial charge in [-0.2, -0.15) is 0 Å². The molecule has 134 valence electrons. The summed E-state index contributed by atoms with van der Waals surface area (Å²) in [6.45, 7) is 2.18. The lowest BCUT2D eigenvalue weighted by Gasteiger charge is -2.25. The van der Waals surface area contributed by atoms with Gasteiger partial charge >= 0.3 is 0 Å². The van der Waals surface area contributed by atoms with Crippen molar-refractivity contribution in [3.63, 3.8) is 0 Å². The molecule has 0 aliphatic heterocycles. The average Bonchev–Trinajstić information content (AvgIpc) is 2.55. The van der Waals surface area contributed by atoms with Crippen LogP contribution >= 0.6 is 0 Å². The van der Waals surface area contributed by atoms with Gasteiger partial charge in [-0.25, -0.2) is 40.8 Å². The van der Waals surface area contributed by atoms with E-state index in [1.807, 2.05) is 0 Å². The Morgan fingerprint density at radius 2 is 0.962 bits per heavy atom. The molecule has 0 amide bonds. The van der Waals surface area contributed by atoms with Crippen LogP contribution in [0.15, 0.2) is 42.5 Å². The Kier molecular flexibility index (Phi) is 17.9. The van der Waals surface area contributed by atoms with E-state index >= 15 is 0 Å². The zero-order valence-corrected chi connectivity index (χ0v) is 13.2. The van der Waals surface area contributed by atoms with Crippen LogP contribution < -0.4 is 0 Å². The molecule has 0 radical (unpaired) electrons. The number of rotatable bonds is 0. The molecule has 0 fully saturated rings. The molecule has 0 saturated heterocycles. The summed E-state index contributed by atoms with van der Waals surface area (Å²) in [6.07, 6.45) is 3.00. The second kappa shape index (κ2) is 17.3. The van der Waals surface area contributed by atoms with Gasteiger partial charge in [-0.3, -0.25) is 0 Å². The number of carbonyl (C=O) groups excluding carboxylic acids is 4. The minimum absolute atomic E-state index is 0. The van der Waals surface area contributed by atoms with Crippen LogP contribution in [0, 0.1) is 28.6 Å². The Morgan fingerprint density at radius 1 is 0.615 bits per heavy atom. The van der Waals surface area contributed by atoms with E-state index in [0.717, 1.165) is 24.3 Å². The highest BCUT2D eigenvalue weighted by atomic mass is 16.1. The van der Waals surface area contributed by atoms with Crippen molar-refractivity contribution in [2.75, 3.05) is 0 Å². The summed E-state index contributed by atoms with van der Waals surface area (Å²) in [5.74, 6) is 0. The number of isocyanates is 4. The molecule has 2 aromatic rings. The molecule has 26 heavy (non-hydrogen) atoms. The molecule has 0 saturated carbocycles. The SMILES string of the molecule is C.Cc1cccc2c1-c1ccccc1-2.N=C=O.N=C=O.N=C=O.N=C=O. The number of hydrogen-bond acceptors (Lipinski definition) is 8. The van der Waals surface area contributed by atoms with Crippen molar-refractivity contribution >= 4 is 24.3 Å². The van der Waals surface area contributed by atoms with Gasteiger partial charge in [0.1, 0.15) is 0 Å². The summed E-state index contributed by atoms with van der Waals surface area (Å²) in [5, 5.41) is 21.6. The van der Waals surface area contributed by atoms with Crippen LogP contribution in [0.4, 0.5) is 0 Å². The predicted octanol–water partition coefficient (Wildman–Crippen LogP) is 3.88. The second-order valence-corrected chi connectivity index (χ2v) is 3.95. The van der Waals surface area contributed by atoms with Gasteiger partial charge < -0.3 is 0 Å². The van der Waals surface area contributed by atoms with Crippen LogP contribution in [0.2, 0.25) is 0 Å². The zero-order chi connectivity index (χ0) is 19.7. The predicted molar refractivity (Wildman–Crippen MR) is 96.0 cm³/mol. The molecule has 0 bridgehead atoms. The molecule has 0 unspecified atom stereocenters. The lowest BCUT2D eigenvalue weighted by Crippen LogP contribution is -1.99. The van der Waals surface area contributed by atoms with E-state index in [-0.39, 0.29) is 7.43 Å². The summed E-state index contributed by atoms with van der Waals surface area (Å²) in [4.78, 5) is 33.4. The monoisotopic (exact) mass is 354 g/mol. The first kappa shape index (κ1) is 26.8. The Balaban J connectivity index is -0.000000345. The standard InChI is InChI=1S/C13H10.4CHNO.CH4/c1-9-5-4-8-12-10-6-2-3-7-11(10)13(9)12;4*2-1-3;/h2-8H,1H3;4*2H;1H4. The Morgan fingerprint density at radius 3 is 1.38 bits per heavy atom. The van der Waals surface area contributed by atoms with Crippen LogP contribution in [-0.4, -0.2) is 24.3 Å². The molecule has 1 aliphatic rings. The van der Waals surface area contributed by atoms with Crippen LogP contribution in [0.3, 0.4) is 0 Å². The highest BCUT2D eigenvalue weighted by molar-refractivity contribution is 6.03. The van der Waals surface area contributed by atoms with E-state index in [1.54, 1.807) is 0 Å². The summed E-state index contributed by atoms with van der Waals surface area (Å²) >= 11 is 0. The summed E-state index contributed by atoms with van der Waals surface area (Å²) < 4.78 is 0. The van der Waals surface area contributed by atoms with Gasteiger partial charge in [0.15, 0.2) is 0 Å². The lowest BCUT2D eigenvalue weighted by molar-refractivity contribution is 0.562. The number of hydrogen-bond donors (Lipinski definition) is 4. The third kappa shape index (κ3) is 8.56. The third-order valence-electron chi connectivity index (χ3n) is 2.76. The van der Waals surface area contributed by atoms with Gasteiger partial charge in [0.25, 0.3) is 0 Å². The number of aryl methyl sites for hydroxylation is 1. The number of fused-ring (bicyclic) bond motifs is 4. The quantitative estimate of drug-likeness (QED) is 0.356. The summed E-state index contributed by atoms with van der Waals surface area (Å²) in [5.41, 5.74) is 7.06. The van der Waals surface area contributed by atoms with E-state index in [4.69, 9.17) is 40.8 Å². The average molecular weight is 354 g/mol. The van der Waals surface area contributed by atoms with Crippen molar-refractivity contribution in [1.29, 1.82) is 21.6 Å². The van der Waals surface area contributed by atoms with Crippen molar-refractivity contribution in [2.24, 2.45) is 0 Å². The van der Waals surface area contributed by atoms with Crippen molar-refractivity contribution in [1.82, 2.24) is 0 Å². The maximum atomic E-state index is 8.35. The summed E-state index contributed by atoms with van der Waals surface area (Å²) in [7, 11) is 0. The molecule has 0 atom stereocenters. The fourth-order valence-corrected chi connectivity index (χ4v) is 2.12. The van der Waals surface area contributed by atoms with Gasteiger partial charge in [0, 0.05) is 0 Å². The van der Waals surface area contributed by atoms with Crippen molar-refractivity contribution < 1.29 is 19.2 Å². The van der Waals surface area contributed by atoms with Crippen molar-refractivity contribution in [3.05, 3.63) is 48.0 Å². The zero-order valence-electron chi connectivity index (χ0n) is 13.2. The maximum absolute atomic E-state index is 8.35. The largest absolute Gasteiger partial charge is 0.231 e. The summed E-state index contributed by atoms with van der Waals surface area (Å²) in [6, 6.07) is 15.1. The van der Waals surface area contributed by atoms with Crippen LogP contribution in [0.5, 0.6) is 0 Å². The molecule has 4 N–H and O–H groups in total. The molecule has 0 spiro atoms. The smallest absolute Gasteiger partial charge is 0.222 e. The van der Waals surface area contributed by atoms with Gasteiger partial charge in [-0.15, -0.1) is 0 Å². The van der Waals surface area contributed by atoms with Gasteiger partial charge in [-0.1, -0.05) is 49.9 Å². The first-order chi connectivity index (χ1) is 12.0. The molecule has 3 rings (SSSR count). The Hall–Kier alpha value is -4.04. The van der Waals surface area contributed by atoms with Gasteiger partial charge in [0.2, 0.25) is 24.3 Å². The van der Waals surface area contributed by atoms with Crippen molar-refractivity contribution in [3.8, 4) is 22.3 Å².